The van der Waals surface area contributed by atoms with Crippen molar-refractivity contribution in [3.8, 4) is 5.75 Å². The van der Waals surface area contributed by atoms with Gasteiger partial charge in [-0.15, -0.1) is 0 Å². The zero-order valence-electron chi connectivity index (χ0n) is 29.0. The van der Waals surface area contributed by atoms with Crippen molar-refractivity contribution >= 4 is 11.9 Å². The molecule has 0 aliphatic carbocycles. The van der Waals surface area contributed by atoms with Crippen LogP contribution in [0.2, 0.25) is 0 Å². The molecule has 5 atom stereocenters. The quantitative estimate of drug-likeness (QED) is 0.0731. The highest BCUT2D eigenvalue weighted by Crippen LogP contribution is 2.48. The van der Waals surface area contributed by atoms with Gasteiger partial charge in [0.05, 0.1) is 52.4 Å². The highest BCUT2D eigenvalue weighted by atomic mass is 16.7. The molecule has 0 amide bonds. The van der Waals surface area contributed by atoms with E-state index in [1.165, 1.54) is 27.2 Å². The summed E-state index contributed by atoms with van der Waals surface area (Å²) in [5, 5.41) is 9.59. The molecule has 1 N–H and O–H groups in total. The summed E-state index contributed by atoms with van der Waals surface area (Å²) in [6, 6.07) is 17.4. The van der Waals surface area contributed by atoms with Crippen LogP contribution in [0.1, 0.15) is 51.7 Å². The molecule has 0 saturated carbocycles. The Labute approximate surface area is 283 Å². The van der Waals surface area contributed by atoms with Gasteiger partial charge in [0.25, 0.3) is 0 Å². The van der Waals surface area contributed by atoms with Crippen molar-refractivity contribution in [2.75, 3.05) is 34.7 Å². The lowest BCUT2D eigenvalue weighted by molar-refractivity contribution is -0.339. The van der Waals surface area contributed by atoms with Crippen molar-refractivity contribution in [2.24, 2.45) is 5.41 Å². The van der Waals surface area contributed by atoms with Crippen molar-refractivity contribution in [3.63, 3.8) is 0 Å². The standard InChI is InChI=1S/C37H50O11/c1-26(46-25-44-23-28-12-9-8-10-13-28)33(45-24-29-14-16-31(41-5)17-15-29)22-32-20-30(21-34(40)42-6)35(47-27(2)39)37(43-7,48-32)36(3,4)18-11-19-38/h8-18,21,26,32-33,35,38H,19-20,22-25H2,1-7H3/b18-11+,30-21+/t26-,32+,33-,35+,37-/m1/s1. The van der Waals surface area contributed by atoms with Gasteiger partial charge in [0.2, 0.25) is 5.79 Å². The number of hydrogen-bond acceptors (Lipinski definition) is 11. The first-order valence-corrected chi connectivity index (χ1v) is 15.9. The van der Waals surface area contributed by atoms with E-state index in [0.717, 1.165) is 16.9 Å². The van der Waals surface area contributed by atoms with Crippen LogP contribution < -0.4 is 4.74 Å². The van der Waals surface area contributed by atoms with Crippen molar-refractivity contribution in [1.29, 1.82) is 0 Å². The summed E-state index contributed by atoms with van der Waals surface area (Å²) >= 11 is 0. The van der Waals surface area contributed by atoms with E-state index in [9.17, 15) is 14.7 Å². The molecular weight excluding hydrogens is 620 g/mol. The lowest BCUT2D eigenvalue weighted by atomic mass is 9.74. The van der Waals surface area contributed by atoms with Crippen LogP contribution in [0.25, 0.3) is 0 Å². The maximum atomic E-state index is 12.6. The highest BCUT2D eigenvalue weighted by Gasteiger charge is 2.59. The number of hydrogen-bond donors (Lipinski definition) is 1. The van der Waals surface area contributed by atoms with Crippen LogP contribution in [0.15, 0.2) is 78.4 Å². The Kier molecular flexibility index (Phi) is 15.2. The van der Waals surface area contributed by atoms with Gasteiger partial charge in [-0.3, -0.25) is 4.79 Å². The summed E-state index contributed by atoms with van der Waals surface area (Å²) in [4.78, 5) is 25.0. The molecule has 0 radical (unpaired) electrons. The zero-order valence-corrected chi connectivity index (χ0v) is 29.0. The minimum absolute atomic E-state index is 0.0347. The van der Waals surface area contributed by atoms with Crippen LogP contribution in [0.4, 0.5) is 0 Å². The molecular formula is C37H50O11. The maximum absolute atomic E-state index is 12.6. The Balaban J connectivity index is 1.93. The first-order valence-electron chi connectivity index (χ1n) is 15.9. The van der Waals surface area contributed by atoms with E-state index in [-0.39, 0.29) is 26.4 Å². The number of methoxy groups -OCH3 is 3. The lowest BCUT2D eigenvalue weighted by Crippen LogP contribution is -2.63. The number of rotatable bonds is 18. The molecule has 264 valence electrons. The molecule has 2 aromatic carbocycles. The van der Waals surface area contributed by atoms with Crippen LogP contribution in [0.5, 0.6) is 5.75 Å². The van der Waals surface area contributed by atoms with Gasteiger partial charge in [0.1, 0.15) is 12.5 Å². The van der Waals surface area contributed by atoms with Gasteiger partial charge in [0, 0.05) is 31.9 Å². The van der Waals surface area contributed by atoms with E-state index in [1.807, 2.05) is 75.4 Å². The fourth-order valence-electron chi connectivity index (χ4n) is 5.71. The second kappa shape index (κ2) is 18.8. The number of carbonyl (C=O) groups excluding carboxylic acids is 2. The summed E-state index contributed by atoms with van der Waals surface area (Å²) in [6.45, 7) is 7.34. The third-order valence-corrected chi connectivity index (χ3v) is 8.28. The molecule has 11 heteroatoms. The van der Waals surface area contributed by atoms with Gasteiger partial charge in [-0.05, 0) is 42.2 Å². The maximum Gasteiger partial charge on any atom is 0.330 e. The Bertz CT molecular complexity index is 1340. The minimum atomic E-state index is -1.60. The number of esters is 2. The second-order valence-electron chi connectivity index (χ2n) is 12.1. The summed E-state index contributed by atoms with van der Waals surface area (Å²) in [7, 11) is 4.34. The normalized spacial score (nSPS) is 22.0. The van der Waals surface area contributed by atoms with Crippen LogP contribution in [-0.4, -0.2) is 82.0 Å². The molecule has 48 heavy (non-hydrogen) atoms. The predicted molar refractivity (Wildman–Crippen MR) is 178 cm³/mol. The van der Waals surface area contributed by atoms with Crippen molar-refractivity contribution in [2.45, 2.75) is 84.0 Å². The average Bonchev–Trinajstić information content (AvgIpc) is 3.08. The van der Waals surface area contributed by atoms with Crippen molar-refractivity contribution in [3.05, 3.63) is 89.5 Å². The summed E-state index contributed by atoms with van der Waals surface area (Å²) in [6.07, 6.45) is 2.48. The summed E-state index contributed by atoms with van der Waals surface area (Å²) in [5.41, 5.74) is 1.44. The first kappa shape index (κ1) is 38.9. The first-order chi connectivity index (χ1) is 23.0. The number of benzene rings is 2. The average molecular weight is 671 g/mol. The molecule has 0 bridgehead atoms. The lowest BCUT2D eigenvalue weighted by Gasteiger charge is -2.53. The van der Waals surface area contributed by atoms with Gasteiger partial charge in [0.15, 0.2) is 6.10 Å². The summed E-state index contributed by atoms with van der Waals surface area (Å²) in [5.74, 6) is -2.06. The van der Waals surface area contributed by atoms with E-state index in [1.54, 1.807) is 19.3 Å². The topological polar surface area (TPSA) is 128 Å². The fourth-order valence-corrected chi connectivity index (χ4v) is 5.71. The van der Waals surface area contributed by atoms with Crippen LogP contribution >= 0.6 is 0 Å². The number of aliphatic hydroxyl groups excluding tert-OH is 1. The molecule has 2 aromatic rings. The Hall–Kier alpha value is -3.58. The molecule has 0 spiro atoms. The number of ether oxygens (including phenoxy) is 8. The van der Waals surface area contributed by atoms with E-state index in [0.29, 0.717) is 18.6 Å². The van der Waals surface area contributed by atoms with Crippen LogP contribution in [0.3, 0.4) is 0 Å². The highest BCUT2D eigenvalue weighted by molar-refractivity contribution is 5.83. The summed E-state index contributed by atoms with van der Waals surface area (Å²) < 4.78 is 47.3. The predicted octanol–water partition coefficient (Wildman–Crippen LogP) is 5.29. The molecule has 0 unspecified atom stereocenters. The molecule has 0 aromatic heterocycles. The molecule has 11 nitrogen and oxygen atoms in total. The van der Waals surface area contributed by atoms with E-state index >= 15 is 0 Å². The zero-order chi connectivity index (χ0) is 35.2. The van der Waals surface area contributed by atoms with E-state index in [2.05, 4.69) is 0 Å². The van der Waals surface area contributed by atoms with Crippen LogP contribution in [-0.2, 0) is 56.0 Å². The van der Waals surface area contributed by atoms with Gasteiger partial charge >= 0.3 is 11.9 Å². The van der Waals surface area contributed by atoms with E-state index in [4.69, 9.17) is 37.9 Å². The molecule has 1 heterocycles. The Morgan fingerprint density at radius 2 is 1.71 bits per heavy atom. The third kappa shape index (κ3) is 10.7. The molecule has 1 aliphatic heterocycles. The van der Waals surface area contributed by atoms with Crippen molar-refractivity contribution in [1.82, 2.24) is 0 Å². The monoisotopic (exact) mass is 670 g/mol. The van der Waals surface area contributed by atoms with Gasteiger partial charge < -0.3 is 43.0 Å². The second-order valence-corrected chi connectivity index (χ2v) is 12.1. The van der Waals surface area contributed by atoms with Gasteiger partial charge in [-0.25, -0.2) is 4.79 Å². The SMILES string of the molecule is COC(=O)/C=C1\C[C@@H](C[C@@H](OCc2ccc(OC)cc2)[C@@H](C)OCOCc2ccccc2)O[C@@](OC)(C(C)(C)/C=C/CO)[C@H]1OC(C)=O. The minimum Gasteiger partial charge on any atom is -0.497 e. The van der Waals surface area contributed by atoms with Gasteiger partial charge in [-0.1, -0.05) is 68.5 Å². The number of aliphatic hydroxyl groups is 1. The molecule has 1 fully saturated rings. The molecule has 1 saturated heterocycles. The molecule has 1 aliphatic rings. The van der Waals surface area contributed by atoms with E-state index < -0.39 is 47.6 Å². The number of carbonyl (C=O) groups is 2. The third-order valence-electron chi connectivity index (χ3n) is 8.28. The van der Waals surface area contributed by atoms with Crippen molar-refractivity contribution < 1.29 is 52.6 Å². The van der Waals surface area contributed by atoms with Gasteiger partial charge in [-0.2, -0.15) is 0 Å². The smallest absolute Gasteiger partial charge is 0.330 e. The van der Waals surface area contributed by atoms with Crippen LogP contribution in [0, 0.1) is 5.41 Å². The molecule has 3 rings (SSSR count). The largest absolute Gasteiger partial charge is 0.497 e. The fraction of sp³-hybridized carbons (Fsp3) is 0.514. The Morgan fingerprint density at radius 3 is 2.31 bits per heavy atom. The Morgan fingerprint density at radius 1 is 1.02 bits per heavy atom.